The topological polar surface area (TPSA) is 53.6 Å². The molecule has 1 unspecified atom stereocenters. The van der Waals surface area contributed by atoms with Crippen molar-refractivity contribution >= 4 is 29.9 Å². The molecule has 0 aromatic heterocycles. The smallest absolute Gasteiger partial charge is 0.265 e. The molecule has 2 aromatic rings. The number of ether oxygens (including phenoxy) is 1. The summed E-state index contributed by atoms with van der Waals surface area (Å²) in [5.41, 5.74) is 0.821. The SMILES string of the molecule is Cl.O=C(NCCN1CCNCC1)C(Oc1ccc(Cl)cc1)c1ccccc1. The molecule has 3 rings (SSSR count). The van der Waals surface area contributed by atoms with E-state index in [1.54, 1.807) is 24.3 Å². The molecule has 1 heterocycles. The van der Waals surface area contributed by atoms with Gasteiger partial charge >= 0.3 is 0 Å². The van der Waals surface area contributed by atoms with Gasteiger partial charge in [-0.05, 0) is 24.3 Å². The zero-order valence-corrected chi connectivity index (χ0v) is 16.6. The molecular weight excluding hydrogens is 385 g/mol. The summed E-state index contributed by atoms with van der Waals surface area (Å²) in [5.74, 6) is 0.474. The van der Waals surface area contributed by atoms with Crippen molar-refractivity contribution < 1.29 is 9.53 Å². The van der Waals surface area contributed by atoms with Gasteiger partial charge in [0.25, 0.3) is 5.91 Å². The zero-order chi connectivity index (χ0) is 18.2. The summed E-state index contributed by atoms with van der Waals surface area (Å²) in [6, 6.07) is 16.6. The van der Waals surface area contributed by atoms with Crippen LogP contribution >= 0.6 is 24.0 Å². The third-order valence-electron chi connectivity index (χ3n) is 4.34. The van der Waals surface area contributed by atoms with Crippen LogP contribution < -0.4 is 15.4 Å². The first-order valence-corrected chi connectivity index (χ1v) is 9.28. The Labute approximate surface area is 171 Å². The summed E-state index contributed by atoms with van der Waals surface area (Å²) in [7, 11) is 0. The quantitative estimate of drug-likeness (QED) is 0.737. The van der Waals surface area contributed by atoms with Crippen molar-refractivity contribution in [3.63, 3.8) is 0 Å². The molecule has 1 saturated heterocycles. The predicted octanol–water partition coefficient (Wildman–Crippen LogP) is 2.90. The molecule has 146 valence electrons. The fourth-order valence-corrected chi connectivity index (χ4v) is 3.04. The van der Waals surface area contributed by atoms with E-state index in [-0.39, 0.29) is 18.3 Å². The molecule has 5 nitrogen and oxygen atoms in total. The fourth-order valence-electron chi connectivity index (χ4n) is 2.91. The summed E-state index contributed by atoms with van der Waals surface area (Å²) in [4.78, 5) is 15.1. The number of amides is 1. The molecule has 7 heteroatoms. The molecule has 2 N–H and O–H groups in total. The minimum Gasteiger partial charge on any atom is -0.476 e. The van der Waals surface area contributed by atoms with E-state index in [9.17, 15) is 4.79 Å². The third kappa shape index (κ3) is 6.70. The number of benzene rings is 2. The molecule has 0 radical (unpaired) electrons. The van der Waals surface area contributed by atoms with Gasteiger partial charge in [-0.1, -0.05) is 41.9 Å². The molecule has 1 aliphatic rings. The normalized spacial score (nSPS) is 15.4. The van der Waals surface area contributed by atoms with Crippen LogP contribution in [0.5, 0.6) is 5.75 Å². The van der Waals surface area contributed by atoms with Crippen LogP contribution in [0.15, 0.2) is 54.6 Å². The minimum absolute atomic E-state index is 0. The molecular formula is C20H25Cl2N3O2. The van der Waals surface area contributed by atoms with Crippen LogP contribution in [0.2, 0.25) is 5.02 Å². The first-order chi connectivity index (χ1) is 12.7. The Bertz CT molecular complexity index is 692. The van der Waals surface area contributed by atoms with Gasteiger partial charge in [-0.3, -0.25) is 9.69 Å². The number of piperazine rings is 1. The van der Waals surface area contributed by atoms with Gasteiger partial charge in [-0.25, -0.2) is 0 Å². The van der Waals surface area contributed by atoms with E-state index < -0.39 is 6.10 Å². The number of carbonyl (C=O) groups is 1. The lowest BCUT2D eigenvalue weighted by atomic mass is 10.1. The second-order valence-electron chi connectivity index (χ2n) is 6.25. The first-order valence-electron chi connectivity index (χ1n) is 8.90. The van der Waals surface area contributed by atoms with E-state index in [2.05, 4.69) is 15.5 Å². The molecule has 1 fully saturated rings. The summed E-state index contributed by atoms with van der Waals surface area (Å²) >= 11 is 5.93. The lowest BCUT2D eigenvalue weighted by Crippen LogP contribution is -2.46. The number of hydrogen-bond donors (Lipinski definition) is 2. The number of halogens is 2. The lowest BCUT2D eigenvalue weighted by Gasteiger charge is -2.27. The summed E-state index contributed by atoms with van der Waals surface area (Å²) < 4.78 is 5.97. The van der Waals surface area contributed by atoms with E-state index in [0.717, 1.165) is 38.3 Å². The van der Waals surface area contributed by atoms with E-state index >= 15 is 0 Å². The van der Waals surface area contributed by atoms with Crippen molar-refractivity contribution in [1.82, 2.24) is 15.5 Å². The molecule has 0 aliphatic carbocycles. The number of nitrogens with zero attached hydrogens (tertiary/aromatic N) is 1. The van der Waals surface area contributed by atoms with Crippen molar-refractivity contribution in [3.8, 4) is 5.75 Å². The van der Waals surface area contributed by atoms with Gasteiger partial charge in [-0.15, -0.1) is 12.4 Å². The van der Waals surface area contributed by atoms with Crippen LogP contribution in [0.1, 0.15) is 11.7 Å². The van der Waals surface area contributed by atoms with Crippen LogP contribution in [-0.4, -0.2) is 50.1 Å². The molecule has 0 spiro atoms. The van der Waals surface area contributed by atoms with Gasteiger partial charge in [0.2, 0.25) is 6.10 Å². The highest BCUT2D eigenvalue weighted by atomic mass is 35.5. The van der Waals surface area contributed by atoms with Crippen LogP contribution in [-0.2, 0) is 4.79 Å². The van der Waals surface area contributed by atoms with Crippen molar-refractivity contribution in [2.24, 2.45) is 0 Å². The molecule has 1 amide bonds. The van der Waals surface area contributed by atoms with Crippen molar-refractivity contribution in [1.29, 1.82) is 0 Å². The third-order valence-corrected chi connectivity index (χ3v) is 4.60. The highest BCUT2D eigenvalue weighted by Gasteiger charge is 2.22. The molecule has 2 aromatic carbocycles. The molecule has 0 saturated carbocycles. The first kappa shape index (κ1) is 21.5. The number of nitrogens with one attached hydrogen (secondary N) is 2. The summed E-state index contributed by atoms with van der Waals surface area (Å²) in [5, 5.41) is 6.97. The van der Waals surface area contributed by atoms with Gasteiger partial charge in [0.1, 0.15) is 5.75 Å². The number of rotatable bonds is 7. The average molecular weight is 410 g/mol. The Morgan fingerprint density at radius 2 is 1.78 bits per heavy atom. The summed E-state index contributed by atoms with van der Waals surface area (Å²) in [6.45, 7) is 5.47. The Hall–Kier alpha value is -1.79. The Morgan fingerprint density at radius 3 is 2.44 bits per heavy atom. The Morgan fingerprint density at radius 1 is 1.11 bits per heavy atom. The number of hydrogen-bond acceptors (Lipinski definition) is 4. The Balaban J connectivity index is 0.00000261. The molecule has 1 atom stereocenters. The fraction of sp³-hybridized carbons (Fsp3) is 0.350. The van der Waals surface area contributed by atoms with Gasteiger partial charge in [-0.2, -0.15) is 0 Å². The van der Waals surface area contributed by atoms with Gasteiger partial charge in [0.15, 0.2) is 0 Å². The molecule has 1 aliphatic heterocycles. The van der Waals surface area contributed by atoms with Crippen molar-refractivity contribution in [2.75, 3.05) is 39.3 Å². The predicted molar refractivity (Wildman–Crippen MR) is 111 cm³/mol. The number of carbonyl (C=O) groups excluding carboxylic acids is 1. The standard InChI is InChI=1S/C20H24ClN3O2.ClH/c21-17-6-8-18(9-7-17)26-19(16-4-2-1-3-5-16)20(25)23-12-15-24-13-10-22-11-14-24;/h1-9,19,22H,10-15H2,(H,23,25);1H. The highest BCUT2D eigenvalue weighted by molar-refractivity contribution is 6.30. The van der Waals surface area contributed by atoms with E-state index in [1.165, 1.54) is 0 Å². The monoisotopic (exact) mass is 409 g/mol. The van der Waals surface area contributed by atoms with Gasteiger partial charge < -0.3 is 15.4 Å². The second-order valence-corrected chi connectivity index (χ2v) is 6.68. The zero-order valence-electron chi connectivity index (χ0n) is 15.1. The van der Waals surface area contributed by atoms with E-state index in [1.807, 2.05) is 30.3 Å². The van der Waals surface area contributed by atoms with Crippen LogP contribution in [0.25, 0.3) is 0 Å². The van der Waals surface area contributed by atoms with Gasteiger partial charge in [0.05, 0.1) is 0 Å². The van der Waals surface area contributed by atoms with Crippen molar-refractivity contribution in [2.45, 2.75) is 6.10 Å². The minimum atomic E-state index is -0.694. The van der Waals surface area contributed by atoms with Crippen LogP contribution in [0, 0.1) is 0 Å². The maximum atomic E-state index is 12.8. The Kier molecular flexibility index (Phi) is 8.88. The molecule has 0 bridgehead atoms. The molecule has 27 heavy (non-hydrogen) atoms. The largest absolute Gasteiger partial charge is 0.476 e. The average Bonchev–Trinajstić information content (AvgIpc) is 2.69. The second kappa shape index (κ2) is 11.1. The lowest BCUT2D eigenvalue weighted by molar-refractivity contribution is -0.128. The van der Waals surface area contributed by atoms with E-state index in [0.29, 0.717) is 17.3 Å². The van der Waals surface area contributed by atoms with Gasteiger partial charge in [0, 0.05) is 49.9 Å². The highest BCUT2D eigenvalue weighted by Crippen LogP contribution is 2.23. The maximum absolute atomic E-state index is 12.8. The van der Waals surface area contributed by atoms with Crippen molar-refractivity contribution in [3.05, 3.63) is 65.2 Å². The summed E-state index contributed by atoms with van der Waals surface area (Å²) in [6.07, 6.45) is -0.694. The van der Waals surface area contributed by atoms with E-state index in [4.69, 9.17) is 16.3 Å². The maximum Gasteiger partial charge on any atom is 0.265 e. The van der Waals surface area contributed by atoms with Crippen LogP contribution in [0.4, 0.5) is 0 Å². The van der Waals surface area contributed by atoms with Crippen LogP contribution in [0.3, 0.4) is 0 Å².